The van der Waals surface area contributed by atoms with Crippen LogP contribution in [-0.4, -0.2) is 22.0 Å². The molecular weight excluding hydrogens is 415 g/mol. The quantitative estimate of drug-likeness (QED) is 0.436. The van der Waals surface area contributed by atoms with Gasteiger partial charge in [0.15, 0.2) is 0 Å². The van der Waals surface area contributed by atoms with E-state index in [0.29, 0.717) is 17.0 Å². The largest absolute Gasteiger partial charge is 0.310 e. The Morgan fingerprint density at radius 1 is 1.36 bits per heavy atom. The number of halogens is 1. The number of pyridine rings is 2. The number of hydrogen-bond donors (Lipinski definition) is 1. The van der Waals surface area contributed by atoms with Crippen LogP contribution in [0.1, 0.15) is 71.1 Å². The van der Waals surface area contributed by atoms with Gasteiger partial charge in [-0.2, -0.15) is 5.26 Å². The summed E-state index contributed by atoms with van der Waals surface area (Å²) in [4.78, 5) is 20.9. The van der Waals surface area contributed by atoms with Gasteiger partial charge in [-0.15, -0.1) is 0 Å². The Bertz CT molecular complexity index is 1170. The van der Waals surface area contributed by atoms with E-state index in [4.69, 9.17) is 0 Å². The number of amides is 1. The zero-order valence-electron chi connectivity index (χ0n) is 19.8. The first kappa shape index (κ1) is 24.3. The van der Waals surface area contributed by atoms with Crippen LogP contribution in [-0.2, 0) is 4.79 Å². The topological polar surface area (TPSA) is 78.7 Å². The van der Waals surface area contributed by atoms with Gasteiger partial charge in [-0.05, 0) is 56.7 Å². The molecule has 1 amide bonds. The molecule has 0 saturated heterocycles. The van der Waals surface area contributed by atoms with Crippen molar-refractivity contribution in [2.75, 3.05) is 5.32 Å². The predicted octanol–water partition coefficient (Wildman–Crippen LogP) is 6.67. The third kappa shape index (κ3) is 5.92. The first-order chi connectivity index (χ1) is 15.9. The van der Waals surface area contributed by atoms with Gasteiger partial charge in [0.05, 0.1) is 11.4 Å². The van der Waals surface area contributed by atoms with Crippen molar-refractivity contribution in [2.24, 2.45) is 5.92 Å². The van der Waals surface area contributed by atoms with E-state index in [2.05, 4.69) is 54.3 Å². The molecule has 33 heavy (non-hydrogen) atoms. The maximum absolute atomic E-state index is 13.1. The van der Waals surface area contributed by atoms with Crippen molar-refractivity contribution < 1.29 is 9.18 Å². The molecule has 1 aliphatic carbocycles. The molecule has 5 nitrogen and oxygen atoms in total. The smallest absolute Gasteiger partial charge is 0.231 e. The van der Waals surface area contributed by atoms with Crippen LogP contribution in [0, 0.1) is 17.2 Å². The summed E-state index contributed by atoms with van der Waals surface area (Å²) in [5, 5.41) is 13.2. The molecule has 0 bridgehead atoms. The number of fused-ring (bicyclic) bond motifs is 1. The predicted molar refractivity (Wildman–Crippen MR) is 131 cm³/mol. The summed E-state index contributed by atoms with van der Waals surface area (Å²) in [5.41, 5.74) is 4.96. The molecular formula is C27H31FN4O. The number of alkyl halides is 1. The van der Waals surface area contributed by atoms with E-state index in [-0.39, 0.29) is 12.3 Å². The summed E-state index contributed by atoms with van der Waals surface area (Å²) < 4.78 is 13.1. The van der Waals surface area contributed by atoms with E-state index in [1.807, 2.05) is 19.1 Å². The summed E-state index contributed by atoms with van der Waals surface area (Å²) in [7, 11) is 0. The zero-order chi connectivity index (χ0) is 24.0. The van der Waals surface area contributed by atoms with Crippen LogP contribution in [0.25, 0.3) is 16.5 Å². The lowest BCUT2D eigenvalue weighted by molar-refractivity contribution is -0.117. The van der Waals surface area contributed by atoms with E-state index < -0.39 is 12.1 Å². The van der Waals surface area contributed by atoms with Gasteiger partial charge in [0.25, 0.3) is 0 Å². The highest BCUT2D eigenvalue weighted by Gasteiger charge is 2.43. The van der Waals surface area contributed by atoms with E-state index in [0.717, 1.165) is 47.8 Å². The maximum atomic E-state index is 13.1. The fourth-order valence-corrected chi connectivity index (χ4v) is 3.91. The first-order valence-corrected chi connectivity index (χ1v) is 11.6. The van der Waals surface area contributed by atoms with Crippen LogP contribution in [0.2, 0.25) is 0 Å². The molecule has 1 fully saturated rings. The summed E-state index contributed by atoms with van der Waals surface area (Å²) >= 11 is 0. The maximum Gasteiger partial charge on any atom is 0.231 e. The molecule has 2 atom stereocenters. The number of nitriles is 1. The number of rotatable bonds is 9. The number of unbranched alkanes of at least 4 members (excludes halogenated alkanes) is 1. The highest BCUT2D eigenvalue weighted by molar-refractivity contribution is 5.96. The number of aromatic nitrogens is 2. The van der Waals surface area contributed by atoms with Crippen molar-refractivity contribution in [1.29, 1.82) is 5.26 Å². The second kappa shape index (κ2) is 11.0. The third-order valence-corrected chi connectivity index (χ3v) is 5.80. The van der Waals surface area contributed by atoms with Gasteiger partial charge in [0, 0.05) is 23.2 Å². The second-order valence-corrected chi connectivity index (χ2v) is 8.43. The SMILES string of the molecule is C\C=C(/C(C)=C\C(=C\CC)CCCC)c1cc2cnc(NC(=O)C3CC3F)cc2nc1C#N. The third-order valence-electron chi connectivity index (χ3n) is 5.80. The molecule has 2 aromatic rings. The van der Waals surface area contributed by atoms with Crippen LogP contribution >= 0.6 is 0 Å². The highest BCUT2D eigenvalue weighted by atomic mass is 19.1. The molecule has 6 heteroatoms. The van der Waals surface area contributed by atoms with Crippen molar-refractivity contribution in [1.82, 2.24) is 9.97 Å². The Kier molecular flexibility index (Phi) is 8.11. The van der Waals surface area contributed by atoms with E-state index in [9.17, 15) is 14.4 Å². The molecule has 1 aliphatic rings. The van der Waals surface area contributed by atoms with Crippen LogP contribution in [0.5, 0.6) is 0 Å². The van der Waals surface area contributed by atoms with Gasteiger partial charge in [0.1, 0.15) is 23.8 Å². The first-order valence-electron chi connectivity index (χ1n) is 11.6. The lowest BCUT2D eigenvalue weighted by Gasteiger charge is -2.13. The molecule has 2 unspecified atom stereocenters. The van der Waals surface area contributed by atoms with Gasteiger partial charge in [-0.25, -0.2) is 14.4 Å². The molecule has 0 spiro atoms. The summed E-state index contributed by atoms with van der Waals surface area (Å²) in [6.45, 7) is 8.34. The van der Waals surface area contributed by atoms with E-state index in [1.54, 1.807) is 12.3 Å². The Morgan fingerprint density at radius 2 is 2.12 bits per heavy atom. The normalized spacial score (nSPS) is 18.8. The number of anilines is 1. The minimum absolute atomic E-state index is 0.256. The fraction of sp³-hybridized carbons (Fsp3) is 0.407. The van der Waals surface area contributed by atoms with Crippen molar-refractivity contribution in [3.8, 4) is 6.07 Å². The van der Waals surface area contributed by atoms with Crippen molar-refractivity contribution in [3.05, 3.63) is 59.0 Å². The average Bonchev–Trinajstić information content (AvgIpc) is 3.54. The minimum atomic E-state index is -1.07. The Hall–Kier alpha value is -3.33. The number of nitrogens with one attached hydrogen (secondary N) is 1. The lowest BCUT2D eigenvalue weighted by atomic mass is 9.93. The van der Waals surface area contributed by atoms with Crippen LogP contribution < -0.4 is 5.32 Å². The standard InChI is InChI=1S/C27H31FN4O/c1-5-8-10-18(9-6-2)11-17(4)20(7-3)21-12-19-16-30-26(14-24(19)31-25(21)15-29)32-27(33)22-13-23(22)28/h7,9,11-12,14,16,22-23H,5-6,8,10,13H2,1-4H3,(H,30,32,33)/b17-11-,18-9+,20-7+. The van der Waals surface area contributed by atoms with Crippen LogP contribution in [0.3, 0.4) is 0 Å². The Morgan fingerprint density at radius 3 is 2.73 bits per heavy atom. The zero-order valence-corrected chi connectivity index (χ0v) is 19.8. The molecule has 0 radical (unpaired) electrons. The Labute approximate surface area is 195 Å². The van der Waals surface area contributed by atoms with Crippen molar-refractivity contribution in [3.63, 3.8) is 0 Å². The number of carbonyl (C=O) groups excluding carboxylic acids is 1. The summed E-state index contributed by atoms with van der Waals surface area (Å²) in [6.07, 6.45) is 11.6. The number of carbonyl (C=O) groups is 1. The number of hydrogen-bond acceptors (Lipinski definition) is 4. The second-order valence-electron chi connectivity index (χ2n) is 8.43. The molecule has 2 aromatic heterocycles. The molecule has 172 valence electrons. The summed E-state index contributed by atoms with van der Waals surface area (Å²) in [5.74, 6) is -0.658. The number of allylic oxidation sites excluding steroid dienone is 6. The van der Waals surface area contributed by atoms with E-state index >= 15 is 0 Å². The average molecular weight is 447 g/mol. The lowest BCUT2D eigenvalue weighted by Crippen LogP contribution is -2.15. The number of nitrogens with zero attached hydrogens (tertiary/aromatic N) is 3. The van der Waals surface area contributed by atoms with E-state index in [1.165, 1.54) is 5.57 Å². The van der Waals surface area contributed by atoms with Crippen LogP contribution in [0.4, 0.5) is 10.2 Å². The molecule has 0 aliphatic heterocycles. The van der Waals surface area contributed by atoms with Gasteiger partial charge in [-0.1, -0.05) is 44.1 Å². The molecule has 2 heterocycles. The van der Waals surface area contributed by atoms with Crippen molar-refractivity contribution in [2.45, 2.75) is 66.0 Å². The summed E-state index contributed by atoms with van der Waals surface area (Å²) in [6, 6.07) is 5.75. The van der Waals surface area contributed by atoms with Crippen molar-refractivity contribution >= 4 is 28.2 Å². The fourth-order valence-electron chi connectivity index (χ4n) is 3.91. The molecule has 3 rings (SSSR count). The van der Waals surface area contributed by atoms with Gasteiger partial charge in [0.2, 0.25) is 5.91 Å². The van der Waals surface area contributed by atoms with Gasteiger partial charge in [-0.3, -0.25) is 4.79 Å². The molecule has 1 N–H and O–H groups in total. The minimum Gasteiger partial charge on any atom is -0.310 e. The molecule has 0 aromatic carbocycles. The van der Waals surface area contributed by atoms with Gasteiger partial charge >= 0.3 is 0 Å². The molecule has 1 saturated carbocycles. The van der Waals surface area contributed by atoms with Crippen LogP contribution in [0.15, 0.2) is 47.7 Å². The monoisotopic (exact) mass is 446 g/mol. The highest BCUT2D eigenvalue weighted by Crippen LogP contribution is 2.35. The Balaban J connectivity index is 1.94. The van der Waals surface area contributed by atoms with Gasteiger partial charge < -0.3 is 5.32 Å².